The van der Waals surface area contributed by atoms with E-state index in [0.29, 0.717) is 5.56 Å². The van der Waals surface area contributed by atoms with Crippen LogP contribution in [0, 0.1) is 0 Å². The highest BCUT2D eigenvalue weighted by atomic mass is 16.5. The number of hydrogen-bond donors (Lipinski definition) is 1. The molecular formula is C21H12O5. The highest BCUT2D eigenvalue weighted by Gasteiger charge is 2.32. The van der Waals surface area contributed by atoms with Crippen molar-refractivity contribution in [1.82, 2.24) is 0 Å². The standard InChI is InChI=1S/C21H12O5/c22-17-11-13(26-21(25)12-6-2-1-3-7-12)10-16-18(17)20(24)15-9-5-4-8-14(15)19(16)23/h1-11,22H. The zero-order chi connectivity index (χ0) is 18.3. The average molecular weight is 344 g/mol. The second kappa shape index (κ2) is 5.97. The van der Waals surface area contributed by atoms with Crippen LogP contribution >= 0.6 is 0 Å². The summed E-state index contributed by atoms with van der Waals surface area (Å²) in [6.45, 7) is 0. The lowest BCUT2D eigenvalue weighted by atomic mass is 9.83. The van der Waals surface area contributed by atoms with E-state index >= 15 is 0 Å². The van der Waals surface area contributed by atoms with Gasteiger partial charge in [-0.1, -0.05) is 42.5 Å². The van der Waals surface area contributed by atoms with Gasteiger partial charge in [-0.05, 0) is 18.2 Å². The number of ether oxygens (including phenoxy) is 1. The minimum absolute atomic E-state index is 0.00404. The van der Waals surface area contributed by atoms with Crippen molar-refractivity contribution in [2.75, 3.05) is 0 Å². The fourth-order valence-corrected chi connectivity index (χ4v) is 2.98. The van der Waals surface area contributed by atoms with E-state index < -0.39 is 23.3 Å². The van der Waals surface area contributed by atoms with E-state index in [4.69, 9.17) is 4.74 Å². The highest BCUT2D eigenvalue weighted by molar-refractivity contribution is 6.29. The molecule has 0 saturated heterocycles. The second-order valence-electron chi connectivity index (χ2n) is 5.82. The molecule has 4 rings (SSSR count). The Balaban J connectivity index is 1.76. The number of phenols is 1. The number of rotatable bonds is 2. The van der Waals surface area contributed by atoms with Gasteiger partial charge in [-0.3, -0.25) is 9.59 Å². The van der Waals surface area contributed by atoms with Crippen LogP contribution in [0.3, 0.4) is 0 Å². The maximum Gasteiger partial charge on any atom is 0.343 e. The number of hydrogen-bond acceptors (Lipinski definition) is 5. The van der Waals surface area contributed by atoms with Crippen molar-refractivity contribution < 1.29 is 24.2 Å². The van der Waals surface area contributed by atoms with E-state index in [1.807, 2.05) is 0 Å². The summed E-state index contributed by atoms with van der Waals surface area (Å²) in [4.78, 5) is 37.5. The van der Waals surface area contributed by atoms with Crippen LogP contribution in [0.25, 0.3) is 0 Å². The third kappa shape index (κ3) is 2.46. The number of esters is 1. The summed E-state index contributed by atoms with van der Waals surface area (Å²) >= 11 is 0. The molecule has 0 saturated carbocycles. The summed E-state index contributed by atoms with van der Waals surface area (Å²) in [7, 11) is 0. The van der Waals surface area contributed by atoms with Crippen LogP contribution in [-0.4, -0.2) is 22.6 Å². The number of phenolic OH excluding ortho intramolecular Hbond substituents is 1. The van der Waals surface area contributed by atoms with Crippen LogP contribution in [0.1, 0.15) is 42.2 Å². The Labute approximate surface area is 148 Å². The van der Waals surface area contributed by atoms with Crippen molar-refractivity contribution >= 4 is 17.5 Å². The zero-order valence-electron chi connectivity index (χ0n) is 13.4. The molecule has 1 aliphatic carbocycles. The topological polar surface area (TPSA) is 80.7 Å². The first-order valence-corrected chi connectivity index (χ1v) is 7.89. The van der Waals surface area contributed by atoms with Gasteiger partial charge in [0.25, 0.3) is 0 Å². The molecule has 0 unspecified atom stereocenters. The molecule has 0 heterocycles. The predicted molar refractivity (Wildman–Crippen MR) is 92.8 cm³/mol. The molecule has 0 aliphatic heterocycles. The minimum Gasteiger partial charge on any atom is -0.507 e. The van der Waals surface area contributed by atoms with E-state index in [0.717, 1.165) is 0 Å². The molecule has 0 atom stereocenters. The molecule has 0 fully saturated rings. The van der Waals surface area contributed by atoms with Gasteiger partial charge < -0.3 is 9.84 Å². The molecule has 3 aromatic rings. The summed E-state index contributed by atoms with van der Waals surface area (Å²) in [5, 5.41) is 10.3. The van der Waals surface area contributed by atoms with Crippen molar-refractivity contribution in [2.45, 2.75) is 0 Å². The minimum atomic E-state index is -0.625. The fourth-order valence-electron chi connectivity index (χ4n) is 2.98. The summed E-state index contributed by atoms with van der Waals surface area (Å²) < 4.78 is 5.26. The van der Waals surface area contributed by atoms with Gasteiger partial charge in [0, 0.05) is 22.8 Å². The van der Waals surface area contributed by atoms with E-state index in [2.05, 4.69) is 0 Å². The van der Waals surface area contributed by atoms with Gasteiger partial charge in [-0.2, -0.15) is 0 Å². The van der Waals surface area contributed by atoms with Gasteiger partial charge in [-0.25, -0.2) is 4.79 Å². The van der Waals surface area contributed by atoms with Crippen molar-refractivity contribution in [3.8, 4) is 11.5 Å². The monoisotopic (exact) mass is 344 g/mol. The molecule has 1 N–H and O–H groups in total. The highest BCUT2D eigenvalue weighted by Crippen LogP contribution is 2.36. The summed E-state index contributed by atoms with van der Waals surface area (Å²) in [6, 6.07) is 17.2. The molecule has 26 heavy (non-hydrogen) atoms. The molecular weight excluding hydrogens is 332 g/mol. The lowest BCUT2D eigenvalue weighted by Crippen LogP contribution is -2.21. The largest absolute Gasteiger partial charge is 0.507 e. The van der Waals surface area contributed by atoms with Crippen LogP contribution in [0.4, 0.5) is 0 Å². The van der Waals surface area contributed by atoms with Crippen LogP contribution in [0.5, 0.6) is 11.5 Å². The normalized spacial score (nSPS) is 12.3. The van der Waals surface area contributed by atoms with Crippen molar-refractivity contribution in [3.05, 3.63) is 94.5 Å². The van der Waals surface area contributed by atoms with Crippen molar-refractivity contribution in [1.29, 1.82) is 0 Å². The van der Waals surface area contributed by atoms with Crippen LogP contribution < -0.4 is 4.74 Å². The number of ketones is 2. The number of aromatic hydroxyl groups is 1. The van der Waals surface area contributed by atoms with Crippen molar-refractivity contribution in [2.24, 2.45) is 0 Å². The Hall–Kier alpha value is -3.73. The smallest absolute Gasteiger partial charge is 0.343 e. The molecule has 5 nitrogen and oxygen atoms in total. The van der Waals surface area contributed by atoms with E-state index in [1.54, 1.807) is 54.6 Å². The van der Waals surface area contributed by atoms with Crippen LogP contribution in [0.2, 0.25) is 0 Å². The Kier molecular flexibility index (Phi) is 3.62. The Morgan fingerprint density at radius 2 is 1.38 bits per heavy atom. The maximum absolute atomic E-state index is 12.7. The van der Waals surface area contributed by atoms with Gasteiger partial charge in [0.05, 0.1) is 11.1 Å². The Bertz CT molecular complexity index is 1070. The van der Waals surface area contributed by atoms with Gasteiger partial charge in [0.2, 0.25) is 0 Å². The van der Waals surface area contributed by atoms with Gasteiger partial charge >= 0.3 is 5.97 Å². The lowest BCUT2D eigenvalue weighted by molar-refractivity contribution is 0.0733. The molecule has 0 bridgehead atoms. The molecule has 0 spiro atoms. The van der Waals surface area contributed by atoms with Gasteiger partial charge in [0.15, 0.2) is 11.6 Å². The average Bonchev–Trinajstić information content (AvgIpc) is 2.66. The van der Waals surface area contributed by atoms with Crippen molar-refractivity contribution in [3.63, 3.8) is 0 Å². The molecule has 1 aliphatic rings. The Morgan fingerprint density at radius 1 is 0.769 bits per heavy atom. The summed E-state index contributed by atoms with van der Waals surface area (Å²) in [6.07, 6.45) is 0. The summed E-state index contributed by atoms with van der Waals surface area (Å²) in [5.74, 6) is -1.86. The lowest BCUT2D eigenvalue weighted by Gasteiger charge is -2.19. The molecule has 3 aromatic carbocycles. The van der Waals surface area contributed by atoms with Crippen LogP contribution in [0.15, 0.2) is 66.7 Å². The number of fused-ring (bicyclic) bond motifs is 2. The Morgan fingerprint density at radius 3 is 2.08 bits per heavy atom. The fraction of sp³-hybridized carbons (Fsp3) is 0. The molecule has 0 radical (unpaired) electrons. The molecule has 0 aromatic heterocycles. The van der Waals surface area contributed by atoms with Crippen LogP contribution in [-0.2, 0) is 0 Å². The molecule has 126 valence electrons. The number of carbonyl (C=O) groups is 3. The van der Waals surface area contributed by atoms with E-state index in [-0.39, 0.29) is 28.0 Å². The zero-order valence-corrected chi connectivity index (χ0v) is 13.4. The summed E-state index contributed by atoms with van der Waals surface area (Å²) in [5.41, 5.74) is 0.778. The van der Waals surface area contributed by atoms with Gasteiger partial charge in [0.1, 0.15) is 11.5 Å². The predicted octanol–water partition coefficient (Wildman–Crippen LogP) is 3.39. The maximum atomic E-state index is 12.7. The third-order valence-corrected chi connectivity index (χ3v) is 4.20. The SMILES string of the molecule is O=C(Oc1cc(O)c2c(c1)C(=O)c1ccccc1C2=O)c1ccccc1. The first-order chi connectivity index (χ1) is 12.6. The van der Waals surface area contributed by atoms with Gasteiger partial charge in [-0.15, -0.1) is 0 Å². The first kappa shape index (κ1) is 15.8. The number of carbonyl (C=O) groups excluding carboxylic acids is 3. The molecule has 5 heteroatoms. The van der Waals surface area contributed by atoms with E-state index in [1.165, 1.54) is 12.1 Å². The first-order valence-electron chi connectivity index (χ1n) is 7.89. The van der Waals surface area contributed by atoms with E-state index in [9.17, 15) is 19.5 Å². The number of benzene rings is 3. The molecule has 0 amide bonds. The third-order valence-electron chi connectivity index (χ3n) is 4.20. The second-order valence-corrected chi connectivity index (χ2v) is 5.82. The quantitative estimate of drug-likeness (QED) is 0.445.